The molecule has 1 nitrogen and oxygen atoms in total. The van der Waals surface area contributed by atoms with Crippen molar-refractivity contribution < 1.29 is 45.2 Å². The predicted octanol–water partition coefficient (Wildman–Crippen LogP) is -0.169. The van der Waals surface area contributed by atoms with Crippen LogP contribution in [0.2, 0.25) is 39.3 Å². The average molecular weight is 400 g/mol. The number of hydrogen-bond acceptors (Lipinski definition) is 0. The first kappa shape index (κ1) is 27.0. The predicted molar refractivity (Wildman–Crippen MR) is 90.3 cm³/mol. The van der Waals surface area contributed by atoms with Crippen molar-refractivity contribution in [2.45, 2.75) is 67.0 Å². The Morgan fingerprint density at radius 1 is 0.810 bits per heavy atom. The molecule has 1 unspecified atom stereocenters. The van der Waals surface area contributed by atoms with Gasteiger partial charge in [0.05, 0.1) is 0 Å². The fourth-order valence-electron chi connectivity index (χ4n) is 2.37. The molecular weight excluding hydrogens is 369 g/mol. The normalized spacial score (nSPS) is 18.8. The Balaban J connectivity index is -0.000000284. The summed E-state index contributed by atoms with van der Waals surface area (Å²) in [7, 11) is -2.21. The van der Waals surface area contributed by atoms with Gasteiger partial charge in [-0.2, -0.15) is 0 Å². The molecule has 0 fully saturated rings. The van der Waals surface area contributed by atoms with Gasteiger partial charge in [0.2, 0.25) is 0 Å². The topological polar surface area (TPSA) is 14.1 Å². The van der Waals surface area contributed by atoms with E-state index in [1.54, 1.807) is 9.45 Å². The largest absolute Gasteiger partial charge is 1.00 e. The van der Waals surface area contributed by atoms with Crippen molar-refractivity contribution in [1.29, 1.82) is 0 Å². The maximum absolute atomic E-state index is 4.82. The molecule has 0 N–H and O–H groups in total. The maximum atomic E-state index is 4.82. The first-order chi connectivity index (χ1) is 8.26. The fraction of sp³-hybridized carbons (Fsp3) is 0.733. The van der Waals surface area contributed by atoms with Crippen molar-refractivity contribution in [2.75, 3.05) is 0 Å². The Morgan fingerprint density at radius 3 is 1.19 bits per heavy atom. The number of rotatable bonds is 2. The van der Waals surface area contributed by atoms with Gasteiger partial charge in [-0.3, -0.25) is 0 Å². The van der Waals surface area contributed by atoms with E-state index in [4.69, 9.17) is 4.65 Å². The molecule has 0 saturated carbocycles. The van der Waals surface area contributed by atoms with E-state index in [1.165, 1.54) is 11.1 Å². The fourth-order valence-corrected chi connectivity index (χ4v) is 11.1. The number of hydrogen-bond donors (Lipinski definition) is 0. The standard InChI is InChI=1S/C9H13.C6H18NSi2.2ClH.Ti/c1-6-5-7(2)9(4)8(6)3;1-8(2,3)7-9(4,5)6;;;/h6H,1-4H3;1-6H3;2*1H;/q;-1;;;+3/p-2. The molecule has 0 aromatic carbocycles. The Labute approximate surface area is 159 Å². The minimum Gasteiger partial charge on any atom is -1.00 e. The van der Waals surface area contributed by atoms with Crippen LogP contribution in [0, 0.1) is 5.92 Å². The van der Waals surface area contributed by atoms with Crippen LogP contribution >= 0.6 is 0 Å². The van der Waals surface area contributed by atoms with E-state index in [0.29, 0.717) is 5.92 Å². The summed E-state index contributed by atoms with van der Waals surface area (Å²) in [5.74, 6) is 0.694. The molecule has 1 aliphatic rings. The molecule has 0 saturated heterocycles. The van der Waals surface area contributed by atoms with Gasteiger partial charge in [-0.25, -0.2) is 0 Å². The molecule has 1 rings (SSSR count). The Morgan fingerprint density at radius 2 is 1.14 bits per heavy atom. The summed E-state index contributed by atoms with van der Waals surface area (Å²) in [5, 5.41) is 0. The van der Waals surface area contributed by atoms with Gasteiger partial charge in [0.15, 0.2) is 0 Å². The van der Waals surface area contributed by atoms with Crippen LogP contribution in [0.4, 0.5) is 0 Å². The Bertz CT molecular complexity index is 357. The number of allylic oxidation sites excluding steroid dienone is 4. The molecule has 0 aromatic heterocycles. The molecule has 6 heteroatoms. The van der Waals surface area contributed by atoms with Gasteiger partial charge in [0, 0.05) is 0 Å². The second-order valence-electron chi connectivity index (χ2n) is 7.52. The maximum Gasteiger partial charge on any atom is -0.0691 e. The van der Waals surface area contributed by atoms with Crippen molar-refractivity contribution in [3.8, 4) is 0 Å². The van der Waals surface area contributed by atoms with Crippen LogP contribution in [0.3, 0.4) is 0 Å². The average Bonchev–Trinajstić information content (AvgIpc) is 2.32. The van der Waals surface area contributed by atoms with Crippen LogP contribution in [-0.2, 0) is 20.4 Å². The van der Waals surface area contributed by atoms with Gasteiger partial charge in [-0.1, -0.05) is 55.8 Å². The van der Waals surface area contributed by atoms with Crippen LogP contribution in [-0.4, -0.2) is 16.5 Å². The summed E-state index contributed by atoms with van der Waals surface area (Å²) in [5.41, 5.74) is 4.56. The van der Waals surface area contributed by atoms with Crippen molar-refractivity contribution in [1.82, 2.24) is 0 Å². The smallest absolute Gasteiger partial charge is 0.0691 e. The minimum atomic E-state index is -1.11. The van der Waals surface area contributed by atoms with Crippen molar-refractivity contribution in [3.05, 3.63) is 25.2 Å². The summed E-state index contributed by atoms with van der Waals surface area (Å²) in [6, 6.07) is 0. The number of halogens is 2. The second kappa shape index (κ2) is 10.1. The summed E-state index contributed by atoms with van der Waals surface area (Å²) in [6.07, 6.45) is 0. The van der Waals surface area contributed by atoms with E-state index in [9.17, 15) is 0 Å². The third kappa shape index (κ3) is 10.5. The van der Waals surface area contributed by atoms with E-state index in [0.717, 1.165) is 0 Å². The van der Waals surface area contributed by atoms with Crippen LogP contribution in [0.5, 0.6) is 0 Å². The Hall–Kier alpha value is 1.17. The van der Waals surface area contributed by atoms with Crippen LogP contribution in [0.15, 0.2) is 20.6 Å². The zero-order chi connectivity index (χ0) is 15.6. The zero-order valence-electron chi connectivity index (χ0n) is 15.3. The zero-order valence-corrected chi connectivity index (χ0v) is 20.4. The molecule has 1 atom stereocenters. The van der Waals surface area contributed by atoms with Gasteiger partial charge < -0.3 is 29.5 Å². The first-order valence-corrected chi connectivity index (χ1v) is 14.8. The molecular formula is C15H31Cl2NSi2Ti. The van der Waals surface area contributed by atoms with Gasteiger partial charge in [0.25, 0.3) is 0 Å². The van der Waals surface area contributed by atoms with Gasteiger partial charge in [-0.05, 0) is 0 Å². The first-order valence-electron chi connectivity index (χ1n) is 7.10. The van der Waals surface area contributed by atoms with Gasteiger partial charge >= 0.3 is 74.6 Å². The summed E-state index contributed by atoms with van der Waals surface area (Å²) in [4.78, 5) is 0. The van der Waals surface area contributed by atoms with Crippen LogP contribution in [0.1, 0.15) is 27.7 Å². The third-order valence-electron chi connectivity index (χ3n) is 3.31. The summed E-state index contributed by atoms with van der Waals surface area (Å²) >= 11 is 2.24. The molecule has 0 spiro atoms. The van der Waals surface area contributed by atoms with Gasteiger partial charge in [-0.15, -0.1) is 0 Å². The molecule has 0 heterocycles. The third-order valence-corrected chi connectivity index (χ3v) is 9.94. The minimum absolute atomic E-state index is 0. The van der Waals surface area contributed by atoms with E-state index < -0.39 is 16.5 Å². The molecule has 0 aromatic rings. The molecule has 1 aliphatic carbocycles. The van der Waals surface area contributed by atoms with E-state index in [1.807, 2.05) is 0 Å². The SMILES string of the molecule is CC1=C(C)C(C)[C]([Ti+3])=C1C.C[Si](C)(C)[N-][Si](C)(C)C.[Cl-].[Cl-]. The summed E-state index contributed by atoms with van der Waals surface area (Å²) in [6.45, 7) is 22.7. The molecule has 0 radical (unpaired) electrons. The second-order valence-corrected chi connectivity index (χ2v) is 17.9. The van der Waals surface area contributed by atoms with Crippen LogP contribution in [0.25, 0.3) is 4.65 Å². The van der Waals surface area contributed by atoms with Crippen LogP contribution < -0.4 is 24.8 Å². The van der Waals surface area contributed by atoms with E-state index in [2.05, 4.69) is 87.4 Å². The van der Waals surface area contributed by atoms with Crippen molar-refractivity contribution in [2.24, 2.45) is 5.92 Å². The molecule has 0 bridgehead atoms. The molecule has 0 aliphatic heterocycles. The molecule has 0 amide bonds. The molecule has 21 heavy (non-hydrogen) atoms. The molecule has 122 valence electrons. The monoisotopic (exact) mass is 399 g/mol. The Kier molecular flexibility index (Phi) is 13.0. The van der Waals surface area contributed by atoms with Gasteiger partial charge in [0.1, 0.15) is 0 Å². The van der Waals surface area contributed by atoms with Crippen molar-refractivity contribution >= 4 is 16.5 Å². The quantitative estimate of drug-likeness (QED) is 0.572. The number of nitrogens with zero attached hydrogens (tertiary/aromatic N) is 1. The van der Waals surface area contributed by atoms with E-state index >= 15 is 0 Å². The van der Waals surface area contributed by atoms with Crippen molar-refractivity contribution in [3.63, 3.8) is 0 Å². The summed E-state index contributed by atoms with van der Waals surface area (Å²) < 4.78 is 6.37. The van der Waals surface area contributed by atoms with E-state index in [-0.39, 0.29) is 24.8 Å².